The van der Waals surface area contributed by atoms with E-state index in [-0.39, 0.29) is 17.4 Å². The molecular weight excluding hydrogens is 315 g/mol. The Morgan fingerprint density at radius 2 is 2.17 bits per heavy atom. The van der Waals surface area contributed by atoms with E-state index in [0.29, 0.717) is 19.4 Å². The number of hydrogen-bond acceptors (Lipinski definition) is 4. The van der Waals surface area contributed by atoms with Gasteiger partial charge in [0.05, 0.1) is 12.6 Å². The van der Waals surface area contributed by atoms with Crippen LogP contribution in [0.25, 0.3) is 0 Å². The number of hydrogen-bond donors (Lipinski definition) is 3. The summed E-state index contributed by atoms with van der Waals surface area (Å²) in [4.78, 5) is 24.7. The summed E-state index contributed by atoms with van der Waals surface area (Å²) in [7, 11) is 0. The number of aliphatic hydroxyl groups excluding tert-OH is 1. The molecule has 1 fully saturated rings. The summed E-state index contributed by atoms with van der Waals surface area (Å²) in [5, 5.41) is 15.0. The second-order valence-corrected chi connectivity index (χ2v) is 6.33. The molecule has 0 radical (unpaired) electrons. The Morgan fingerprint density at radius 3 is 2.75 bits per heavy atom. The van der Waals surface area contributed by atoms with Gasteiger partial charge in [-0.3, -0.25) is 9.59 Å². The van der Waals surface area contributed by atoms with Crippen molar-refractivity contribution in [2.75, 3.05) is 6.61 Å². The van der Waals surface area contributed by atoms with Crippen LogP contribution in [0.3, 0.4) is 0 Å². The van der Waals surface area contributed by atoms with Crippen molar-refractivity contribution in [1.82, 2.24) is 10.6 Å². The number of amides is 2. The minimum Gasteiger partial charge on any atom is -0.366 e. The first-order chi connectivity index (χ1) is 11.4. The highest BCUT2D eigenvalue weighted by atomic mass is 19.1. The lowest BCUT2D eigenvalue weighted by Gasteiger charge is -2.23. The van der Waals surface area contributed by atoms with Gasteiger partial charge in [0.2, 0.25) is 5.91 Å². The fourth-order valence-corrected chi connectivity index (χ4v) is 2.58. The average Bonchev–Trinajstić information content (AvgIpc) is 2.91. The van der Waals surface area contributed by atoms with Crippen molar-refractivity contribution >= 4 is 11.8 Å². The number of benzene rings is 1. The van der Waals surface area contributed by atoms with E-state index in [9.17, 15) is 19.1 Å². The maximum Gasteiger partial charge on any atom is 0.252 e. The highest BCUT2D eigenvalue weighted by Crippen LogP contribution is 2.13. The summed E-state index contributed by atoms with van der Waals surface area (Å²) < 4.78 is 18.2. The number of aliphatic hydroxyl groups is 1. The molecule has 6 nitrogen and oxygen atoms in total. The van der Waals surface area contributed by atoms with E-state index in [1.807, 2.05) is 13.8 Å². The summed E-state index contributed by atoms with van der Waals surface area (Å²) in [6.45, 7) is 4.24. The molecule has 1 aromatic carbocycles. The van der Waals surface area contributed by atoms with E-state index in [0.717, 1.165) is 6.07 Å². The predicted octanol–water partition coefficient (Wildman–Crippen LogP) is 1.19. The predicted molar refractivity (Wildman–Crippen MR) is 85.6 cm³/mol. The maximum atomic E-state index is 13.2. The van der Waals surface area contributed by atoms with Crippen molar-refractivity contribution in [3.63, 3.8) is 0 Å². The normalized spacial score (nSPS) is 21.5. The molecule has 0 spiro atoms. The lowest BCUT2D eigenvalue weighted by atomic mass is 10.0. The third-order valence-electron chi connectivity index (χ3n) is 3.81. The van der Waals surface area contributed by atoms with Crippen molar-refractivity contribution in [2.45, 2.75) is 45.1 Å². The van der Waals surface area contributed by atoms with Crippen LogP contribution >= 0.6 is 0 Å². The number of ether oxygens (including phenoxy) is 1. The van der Waals surface area contributed by atoms with Crippen molar-refractivity contribution in [3.05, 3.63) is 35.6 Å². The van der Waals surface area contributed by atoms with Crippen LogP contribution in [0, 0.1) is 11.7 Å². The maximum absolute atomic E-state index is 13.2. The van der Waals surface area contributed by atoms with Gasteiger partial charge < -0.3 is 20.5 Å². The highest BCUT2D eigenvalue weighted by Gasteiger charge is 2.31. The van der Waals surface area contributed by atoms with Crippen LogP contribution in [-0.2, 0) is 9.53 Å². The van der Waals surface area contributed by atoms with Crippen LogP contribution in [0.2, 0.25) is 0 Å². The largest absolute Gasteiger partial charge is 0.366 e. The molecule has 0 aliphatic carbocycles. The molecule has 0 bridgehead atoms. The first-order valence-electron chi connectivity index (χ1n) is 8.03. The Balaban J connectivity index is 2.04. The summed E-state index contributed by atoms with van der Waals surface area (Å²) in [6, 6.07) is 4.03. The van der Waals surface area contributed by atoms with Gasteiger partial charge in [0.15, 0.2) is 6.29 Å². The molecule has 1 aromatic rings. The molecule has 0 aromatic heterocycles. The van der Waals surface area contributed by atoms with Crippen molar-refractivity contribution in [1.29, 1.82) is 0 Å². The van der Waals surface area contributed by atoms with Crippen LogP contribution in [0.1, 0.15) is 37.0 Å². The molecule has 2 amide bonds. The first kappa shape index (κ1) is 18.4. The van der Waals surface area contributed by atoms with Gasteiger partial charge in [0.1, 0.15) is 11.9 Å². The molecule has 7 heteroatoms. The summed E-state index contributed by atoms with van der Waals surface area (Å²) in [5.74, 6) is -1.25. The van der Waals surface area contributed by atoms with E-state index in [4.69, 9.17) is 4.74 Å². The van der Waals surface area contributed by atoms with Gasteiger partial charge in [-0.25, -0.2) is 4.39 Å². The molecule has 132 valence electrons. The van der Waals surface area contributed by atoms with Gasteiger partial charge in [0, 0.05) is 5.56 Å². The Bertz CT molecular complexity index is 594. The van der Waals surface area contributed by atoms with Gasteiger partial charge in [-0.15, -0.1) is 0 Å². The van der Waals surface area contributed by atoms with Gasteiger partial charge in [-0.1, -0.05) is 19.9 Å². The Hall–Kier alpha value is -1.99. The lowest BCUT2D eigenvalue weighted by Crippen LogP contribution is -2.51. The van der Waals surface area contributed by atoms with Gasteiger partial charge >= 0.3 is 0 Å². The minimum atomic E-state index is -1.03. The zero-order valence-corrected chi connectivity index (χ0v) is 13.8. The van der Waals surface area contributed by atoms with Crippen LogP contribution in [-0.4, -0.2) is 41.9 Å². The van der Waals surface area contributed by atoms with Crippen molar-refractivity contribution < 1.29 is 23.8 Å². The minimum absolute atomic E-state index is 0.154. The topological polar surface area (TPSA) is 87.7 Å². The molecule has 24 heavy (non-hydrogen) atoms. The van der Waals surface area contributed by atoms with E-state index < -0.39 is 30.1 Å². The number of halogens is 1. The zero-order chi connectivity index (χ0) is 17.7. The third kappa shape index (κ3) is 5.01. The SMILES string of the molecule is CC(C)CC(NC(=O)c1cccc(F)c1)C(=O)NC1CCOC1O. The van der Waals surface area contributed by atoms with E-state index in [2.05, 4.69) is 10.6 Å². The van der Waals surface area contributed by atoms with Crippen molar-refractivity contribution in [3.8, 4) is 0 Å². The van der Waals surface area contributed by atoms with Crippen LogP contribution in [0.15, 0.2) is 24.3 Å². The van der Waals surface area contributed by atoms with Crippen LogP contribution in [0.5, 0.6) is 0 Å². The molecule has 1 saturated heterocycles. The number of rotatable bonds is 6. The van der Waals surface area contributed by atoms with E-state index in [1.54, 1.807) is 0 Å². The molecular formula is C17H23FN2O4. The number of nitrogens with one attached hydrogen (secondary N) is 2. The standard InChI is InChI=1S/C17H23FN2O4/c1-10(2)8-14(16(22)19-13-6-7-24-17(13)23)20-15(21)11-4-3-5-12(18)9-11/h3-5,9-10,13-14,17,23H,6-8H2,1-2H3,(H,19,22)(H,20,21). The summed E-state index contributed by atoms with van der Waals surface area (Å²) in [5.41, 5.74) is 0.154. The average molecular weight is 338 g/mol. The van der Waals surface area contributed by atoms with Crippen LogP contribution in [0.4, 0.5) is 4.39 Å². The quantitative estimate of drug-likeness (QED) is 0.727. The second kappa shape index (κ2) is 8.21. The Morgan fingerprint density at radius 1 is 1.42 bits per heavy atom. The fraction of sp³-hybridized carbons (Fsp3) is 0.529. The van der Waals surface area contributed by atoms with Crippen molar-refractivity contribution in [2.24, 2.45) is 5.92 Å². The molecule has 2 rings (SSSR count). The smallest absolute Gasteiger partial charge is 0.252 e. The van der Waals surface area contributed by atoms with Gasteiger partial charge in [0.25, 0.3) is 5.91 Å². The summed E-state index contributed by atoms with van der Waals surface area (Å²) >= 11 is 0. The fourth-order valence-electron chi connectivity index (χ4n) is 2.58. The first-order valence-corrected chi connectivity index (χ1v) is 8.03. The van der Waals surface area contributed by atoms with Crippen LogP contribution < -0.4 is 10.6 Å². The molecule has 1 aliphatic heterocycles. The number of carbonyl (C=O) groups excluding carboxylic acids is 2. The Kier molecular flexibility index (Phi) is 6.28. The molecule has 3 atom stereocenters. The van der Waals surface area contributed by atoms with E-state index in [1.165, 1.54) is 18.2 Å². The molecule has 1 aliphatic rings. The Labute approximate surface area is 140 Å². The summed E-state index contributed by atoms with van der Waals surface area (Å²) in [6.07, 6.45) is -0.0945. The molecule has 3 N–H and O–H groups in total. The van der Waals surface area contributed by atoms with Gasteiger partial charge in [-0.05, 0) is 37.0 Å². The number of carbonyl (C=O) groups is 2. The van der Waals surface area contributed by atoms with Gasteiger partial charge in [-0.2, -0.15) is 0 Å². The van der Waals surface area contributed by atoms with E-state index >= 15 is 0 Å². The zero-order valence-electron chi connectivity index (χ0n) is 13.8. The molecule has 3 unspecified atom stereocenters. The highest BCUT2D eigenvalue weighted by molar-refractivity contribution is 5.97. The lowest BCUT2D eigenvalue weighted by molar-refractivity contribution is -0.127. The third-order valence-corrected chi connectivity index (χ3v) is 3.81. The molecule has 0 saturated carbocycles. The molecule has 1 heterocycles. The monoisotopic (exact) mass is 338 g/mol. The second-order valence-electron chi connectivity index (χ2n) is 6.33.